The second kappa shape index (κ2) is 6.00. The summed E-state index contributed by atoms with van der Waals surface area (Å²) in [5, 5.41) is 8.73. The molecule has 100 valence electrons. The van der Waals surface area contributed by atoms with Gasteiger partial charge in [-0.2, -0.15) is 5.26 Å². The molecule has 0 atom stereocenters. The third-order valence-electron chi connectivity index (χ3n) is 3.13. The monoisotopic (exact) mass is 281 g/mol. The highest BCUT2D eigenvalue weighted by atomic mass is 35.5. The Morgan fingerprint density at radius 3 is 2.63 bits per heavy atom. The van der Waals surface area contributed by atoms with Crippen molar-refractivity contribution in [2.75, 3.05) is 32.7 Å². The quantitative estimate of drug-likeness (QED) is 0.776. The molecule has 1 aliphatic rings. The maximum absolute atomic E-state index is 13.7. The zero-order valence-corrected chi connectivity index (χ0v) is 11.0. The van der Waals surface area contributed by atoms with E-state index in [1.165, 1.54) is 18.2 Å². The van der Waals surface area contributed by atoms with Gasteiger partial charge in [0.1, 0.15) is 5.82 Å². The molecule has 0 radical (unpaired) electrons. The molecule has 0 aliphatic carbocycles. The van der Waals surface area contributed by atoms with Crippen molar-refractivity contribution in [3.63, 3.8) is 0 Å². The van der Waals surface area contributed by atoms with E-state index in [1.807, 2.05) is 4.90 Å². The van der Waals surface area contributed by atoms with E-state index < -0.39 is 5.82 Å². The molecule has 6 heteroatoms. The van der Waals surface area contributed by atoms with Gasteiger partial charge in [-0.3, -0.25) is 9.69 Å². The third-order valence-corrected chi connectivity index (χ3v) is 3.45. The zero-order valence-electron chi connectivity index (χ0n) is 10.3. The van der Waals surface area contributed by atoms with E-state index in [-0.39, 0.29) is 16.5 Å². The predicted molar refractivity (Wildman–Crippen MR) is 69.4 cm³/mol. The van der Waals surface area contributed by atoms with Crippen molar-refractivity contribution >= 4 is 17.5 Å². The second-order valence-corrected chi connectivity index (χ2v) is 4.73. The minimum Gasteiger partial charge on any atom is -0.336 e. The number of hydrogen-bond acceptors (Lipinski definition) is 3. The van der Waals surface area contributed by atoms with Crippen LogP contribution >= 0.6 is 11.6 Å². The Kier molecular flexibility index (Phi) is 4.35. The van der Waals surface area contributed by atoms with Crippen LogP contribution in [0.25, 0.3) is 0 Å². The molecule has 4 nitrogen and oxygen atoms in total. The Bertz CT molecular complexity index is 501. The molecule has 2 rings (SSSR count). The predicted octanol–water partition coefficient (Wildman–Crippen LogP) is 1.76. The van der Waals surface area contributed by atoms with Gasteiger partial charge in [0.2, 0.25) is 0 Å². The second-order valence-electron chi connectivity index (χ2n) is 4.32. The summed E-state index contributed by atoms with van der Waals surface area (Å²) in [6.07, 6.45) is 0. The maximum atomic E-state index is 13.7. The van der Waals surface area contributed by atoms with Crippen molar-refractivity contribution in [2.45, 2.75) is 0 Å². The van der Waals surface area contributed by atoms with Gasteiger partial charge in [-0.15, -0.1) is 0 Å². The number of amides is 1. The van der Waals surface area contributed by atoms with Crippen LogP contribution in [0.15, 0.2) is 18.2 Å². The first kappa shape index (κ1) is 13.8. The van der Waals surface area contributed by atoms with E-state index >= 15 is 0 Å². The highest BCUT2D eigenvalue weighted by Crippen LogP contribution is 2.21. The van der Waals surface area contributed by atoms with E-state index in [2.05, 4.69) is 6.07 Å². The Hall–Kier alpha value is -1.64. The SMILES string of the molecule is N#CCN1CCN(C(=O)c2c(F)cccc2Cl)CC1. The summed E-state index contributed by atoms with van der Waals surface area (Å²) in [5.74, 6) is -0.989. The van der Waals surface area contributed by atoms with Crippen LogP contribution in [0.5, 0.6) is 0 Å². The van der Waals surface area contributed by atoms with Crippen LogP contribution in [-0.4, -0.2) is 48.4 Å². The molecule has 1 fully saturated rings. The number of nitrogens with zero attached hydrogens (tertiary/aromatic N) is 3. The summed E-state index contributed by atoms with van der Waals surface area (Å²) in [6.45, 7) is 2.54. The average molecular weight is 282 g/mol. The molecule has 19 heavy (non-hydrogen) atoms. The molecule has 1 aromatic rings. The minimum atomic E-state index is -0.600. The van der Waals surface area contributed by atoms with Gasteiger partial charge in [0, 0.05) is 26.2 Å². The van der Waals surface area contributed by atoms with Crippen LogP contribution in [0.2, 0.25) is 5.02 Å². The molecular formula is C13H13ClFN3O. The molecule has 0 spiro atoms. The van der Waals surface area contributed by atoms with Crippen LogP contribution < -0.4 is 0 Å². The Labute approximate surface area is 116 Å². The van der Waals surface area contributed by atoms with Gasteiger partial charge in [0.05, 0.1) is 23.2 Å². The molecule has 0 unspecified atom stereocenters. The van der Waals surface area contributed by atoms with Crippen molar-refractivity contribution in [1.29, 1.82) is 5.26 Å². The number of benzene rings is 1. The summed E-state index contributed by atoms with van der Waals surface area (Å²) < 4.78 is 13.7. The topological polar surface area (TPSA) is 47.3 Å². The van der Waals surface area contributed by atoms with Gasteiger partial charge < -0.3 is 4.90 Å². The fourth-order valence-electron chi connectivity index (χ4n) is 2.07. The Morgan fingerprint density at radius 2 is 2.05 bits per heavy atom. The lowest BCUT2D eigenvalue weighted by Gasteiger charge is -2.33. The van der Waals surface area contributed by atoms with E-state index in [0.29, 0.717) is 32.7 Å². The van der Waals surface area contributed by atoms with Gasteiger partial charge in [-0.05, 0) is 12.1 Å². The molecule has 1 heterocycles. The van der Waals surface area contributed by atoms with Gasteiger partial charge in [-0.25, -0.2) is 4.39 Å². The molecule has 0 N–H and O–H groups in total. The summed E-state index contributed by atoms with van der Waals surface area (Å²) >= 11 is 5.88. The lowest BCUT2D eigenvalue weighted by molar-refractivity contribution is 0.0647. The number of piperazine rings is 1. The number of hydrogen-bond donors (Lipinski definition) is 0. The lowest BCUT2D eigenvalue weighted by Crippen LogP contribution is -2.48. The molecule has 1 saturated heterocycles. The minimum absolute atomic E-state index is 0.0714. The first-order valence-corrected chi connectivity index (χ1v) is 6.34. The number of carbonyl (C=O) groups excluding carboxylic acids is 1. The van der Waals surface area contributed by atoms with E-state index in [1.54, 1.807) is 4.90 Å². The van der Waals surface area contributed by atoms with Gasteiger partial charge >= 0.3 is 0 Å². The molecule has 0 saturated carbocycles. The van der Waals surface area contributed by atoms with Gasteiger partial charge in [-0.1, -0.05) is 17.7 Å². The standard InChI is InChI=1S/C13H13ClFN3O/c14-10-2-1-3-11(15)12(10)13(19)18-8-6-17(5-4-16)7-9-18/h1-3H,5-9H2. The maximum Gasteiger partial charge on any atom is 0.258 e. The van der Waals surface area contributed by atoms with E-state index in [9.17, 15) is 9.18 Å². The molecule has 0 bridgehead atoms. The van der Waals surface area contributed by atoms with Crippen molar-refractivity contribution in [3.8, 4) is 6.07 Å². The third kappa shape index (κ3) is 3.03. The highest BCUT2D eigenvalue weighted by molar-refractivity contribution is 6.33. The normalized spacial score (nSPS) is 16.2. The van der Waals surface area contributed by atoms with Crippen molar-refractivity contribution < 1.29 is 9.18 Å². The lowest BCUT2D eigenvalue weighted by atomic mass is 10.1. The molecule has 1 aromatic carbocycles. The zero-order chi connectivity index (χ0) is 13.8. The van der Waals surface area contributed by atoms with Crippen LogP contribution in [0.4, 0.5) is 4.39 Å². The van der Waals surface area contributed by atoms with Crippen LogP contribution in [-0.2, 0) is 0 Å². The van der Waals surface area contributed by atoms with Crippen molar-refractivity contribution in [3.05, 3.63) is 34.6 Å². The molecular weight excluding hydrogens is 269 g/mol. The summed E-state index contributed by atoms with van der Waals surface area (Å²) in [4.78, 5) is 15.7. The van der Waals surface area contributed by atoms with Crippen molar-refractivity contribution in [1.82, 2.24) is 9.80 Å². The highest BCUT2D eigenvalue weighted by Gasteiger charge is 2.25. The number of carbonyl (C=O) groups is 1. The Balaban J connectivity index is 2.08. The summed E-state index contributed by atoms with van der Waals surface area (Å²) in [7, 11) is 0. The summed E-state index contributed by atoms with van der Waals surface area (Å²) in [5.41, 5.74) is -0.0714. The smallest absolute Gasteiger partial charge is 0.258 e. The van der Waals surface area contributed by atoms with Crippen LogP contribution in [0, 0.1) is 17.1 Å². The summed E-state index contributed by atoms with van der Waals surface area (Å²) in [6, 6.07) is 6.28. The van der Waals surface area contributed by atoms with Gasteiger partial charge in [0.15, 0.2) is 0 Å². The fourth-order valence-corrected chi connectivity index (χ4v) is 2.31. The van der Waals surface area contributed by atoms with Gasteiger partial charge in [0.25, 0.3) is 5.91 Å². The van der Waals surface area contributed by atoms with E-state index in [0.717, 1.165) is 0 Å². The Morgan fingerprint density at radius 1 is 1.37 bits per heavy atom. The first-order chi connectivity index (χ1) is 9.13. The number of halogens is 2. The number of nitriles is 1. The van der Waals surface area contributed by atoms with E-state index in [4.69, 9.17) is 16.9 Å². The molecule has 1 amide bonds. The molecule has 1 aliphatic heterocycles. The molecule has 0 aromatic heterocycles. The van der Waals surface area contributed by atoms with Crippen LogP contribution in [0.3, 0.4) is 0 Å². The largest absolute Gasteiger partial charge is 0.336 e. The average Bonchev–Trinajstić information content (AvgIpc) is 2.39. The van der Waals surface area contributed by atoms with Crippen molar-refractivity contribution in [2.24, 2.45) is 0 Å². The first-order valence-electron chi connectivity index (χ1n) is 5.96. The number of rotatable bonds is 2. The fraction of sp³-hybridized carbons (Fsp3) is 0.385. The van der Waals surface area contributed by atoms with Crippen LogP contribution in [0.1, 0.15) is 10.4 Å².